The lowest BCUT2D eigenvalue weighted by Gasteiger charge is -2.20. The number of rotatable bonds is 8. The second-order valence-corrected chi connectivity index (χ2v) is 17.9. The van der Waals surface area contributed by atoms with Crippen LogP contribution in [0, 0.1) is 26.2 Å². The van der Waals surface area contributed by atoms with E-state index in [4.69, 9.17) is 16.6 Å². The van der Waals surface area contributed by atoms with Crippen molar-refractivity contribution in [2.45, 2.75) is 92.9 Å². The van der Waals surface area contributed by atoms with Gasteiger partial charge in [-0.25, -0.2) is 0 Å². The van der Waals surface area contributed by atoms with Crippen LogP contribution in [0.15, 0.2) is 154 Å². The molecule has 0 saturated carbocycles. The maximum absolute atomic E-state index is 7.72. The first-order chi connectivity index (χ1) is 26.7. The second kappa shape index (κ2) is 17.1. The van der Waals surface area contributed by atoms with Crippen molar-refractivity contribution in [2.24, 2.45) is 10.4 Å². The van der Waals surface area contributed by atoms with Crippen molar-refractivity contribution in [1.82, 2.24) is 4.98 Å². The fourth-order valence-corrected chi connectivity index (χ4v) is 8.39. The molecule has 1 atom stereocenters. The number of benzene rings is 3. The molecular formula is C53H59ClN2. The van der Waals surface area contributed by atoms with E-state index >= 15 is 0 Å². The molecule has 3 heteroatoms. The number of hydrogen-bond acceptors (Lipinski definition) is 1. The fraction of sp³-hybridized carbons (Fsp3) is 0.302. The number of allylic oxidation sites excluding steroid dienone is 13. The highest BCUT2D eigenvalue weighted by molar-refractivity contribution is 6.47. The Kier molecular flexibility index (Phi) is 12.4. The van der Waals surface area contributed by atoms with Gasteiger partial charge in [-0.05, 0) is 102 Å². The number of aromatic nitrogens is 1. The van der Waals surface area contributed by atoms with Crippen LogP contribution in [0.4, 0.5) is 0 Å². The highest BCUT2D eigenvalue weighted by Crippen LogP contribution is 2.42. The molecule has 2 nitrogen and oxygen atoms in total. The average Bonchev–Trinajstić information content (AvgIpc) is 3.28. The van der Waals surface area contributed by atoms with Crippen LogP contribution in [-0.2, 0) is 5.41 Å². The SMILES string of the molecule is CN=C(/C(Cl)=C(\C=C(\c1[nH]c(C2C=CC(C(C)(C)C)=CCC2)cc1-c1ccccc1)c1c(C)cc(C)cc1C)C1=CCC=CC=C1)c1ccc(C(C)(C)C)cc1. The van der Waals surface area contributed by atoms with Gasteiger partial charge in [0.15, 0.2) is 0 Å². The van der Waals surface area contributed by atoms with Gasteiger partial charge in [-0.2, -0.15) is 0 Å². The van der Waals surface area contributed by atoms with Crippen LogP contribution in [-0.4, -0.2) is 17.7 Å². The molecule has 0 saturated heterocycles. The molecule has 1 N–H and O–H groups in total. The van der Waals surface area contributed by atoms with Crippen LogP contribution in [0.1, 0.15) is 111 Å². The third-order valence-electron chi connectivity index (χ3n) is 11.0. The molecule has 288 valence electrons. The van der Waals surface area contributed by atoms with Crippen LogP contribution in [0.5, 0.6) is 0 Å². The van der Waals surface area contributed by atoms with E-state index < -0.39 is 0 Å². The number of aryl methyl sites for hydroxylation is 3. The molecule has 0 amide bonds. The van der Waals surface area contributed by atoms with Gasteiger partial charge < -0.3 is 4.98 Å². The largest absolute Gasteiger partial charge is 0.357 e. The number of H-pyrrole nitrogens is 1. The van der Waals surface area contributed by atoms with Gasteiger partial charge in [0.05, 0.1) is 16.4 Å². The molecule has 4 aromatic rings. The van der Waals surface area contributed by atoms with Gasteiger partial charge in [0, 0.05) is 40.9 Å². The van der Waals surface area contributed by atoms with E-state index in [0.717, 1.165) is 53.0 Å². The third-order valence-corrected chi connectivity index (χ3v) is 11.4. The number of nitrogens with one attached hydrogen (secondary N) is 1. The Balaban J connectivity index is 1.65. The van der Waals surface area contributed by atoms with Gasteiger partial charge >= 0.3 is 0 Å². The minimum Gasteiger partial charge on any atom is -0.357 e. The van der Waals surface area contributed by atoms with E-state index in [2.05, 4.69) is 195 Å². The van der Waals surface area contributed by atoms with Crippen molar-refractivity contribution in [3.63, 3.8) is 0 Å². The summed E-state index contributed by atoms with van der Waals surface area (Å²) in [5, 5.41) is 0.620. The van der Waals surface area contributed by atoms with Gasteiger partial charge in [-0.3, -0.25) is 4.99 Å². The zero-order valence-corrected chi connectivity index (χ0v) is 35.9. The summed E-state index contributed by atoms with van der Waals surface area (Å²) >= 11 is 7.72. The Morgan fingerprint density at radius 3 is 2.16 bits per heavy atom. The first-order valence-electron chi connectivity index (χ1n) is 20.1. The molecule has 1 heterocycles. The third kappa shape index (κ3) is 9.20. The van der Waals surface area contributed by atoms with Crippen molar-refractivity contribution in [1.29, 1.82) is 0 Å². The lowest BCUT2D eigenvalue weighted by atomic mass is 9.86. The predicted octanol–water partition coefficient (Wildman–Crippen LogP) is 14.8. The Morgan fingerprint density at radius 1 is 0.821 bits per heavy atom. The Morgan fingerprint density at radius 2 is 1.52 bits per heavy atom. The van der Waals surface area contributed by atoms with Crippen molar-refractivity contribution in [3.8, 4) is 11.1 Å². The van der Waals surface area contributed by atoms with Crippen LogP contribution in [0.3, 0.4) is 0 Å². The summed E-state index contributed by atoms with van der Waals surface area (Å²) in [6.07, 6.45) is 23.2. The second-order valence-electron chi connectivity index (χ2n) is 17.5. The number of halogens is 1. The molecule has 2 aliphatic carbocycles. The van der Waals surface area contributed by atoms with Crippen molar-refractivity contribution >= 4 is 22.9 Å². The van der Waals surface area contributed by atoms with E-state index in [1.54, 1.807) is 0 Å². The molecule has 0 radical (unpaired) electrons. The number of nitrogens with zero attached hydrogens (tertiary/aromatic N) is 1. The summed E-state index contributed by atoms with van der Waals surface area (Å²) < 4.78 is 0. The smallest absolute Gasteiger partial charge is 0.0835 e. The predicted molar refractivity (Wildman–Crippen MR) is 244 cm³/mol. The molecule has 6 rings (SSSR count). The van der Waals surface area contributed by atoms with Crippen LogP contribution in [0.2, 0.25) is 0 Å². The molecule has 56 heavy (non-hydrogen) atoms. The average molecular weight is 760 g/mol. The maximum atomic E-state index is 7.72. The van der Waals surface area contributed by atoms with Crippen LogP contribution >= 0.6 is 11.6 Å². The number of aromatic amines is 1. The molecule has 3 aromatic carbocycles. The molecule has 0 fully saturated rings. The first-order valence-corrected chi connectivity index (χ1v) is 20.5. The van der Waals surface area contributed by atoms with Gasteiger partial charge in [0.2, 0.25) is 0 Å². The Hall–Kier alpha value is -4.92. The van der Waals surface area contributed by atoms with Crippen molar-refractivity contribution < 1.29 is 0 Å². The van der Waals surface area contributed by atoms with Crippen molar-refractivity contribution in [2.75, 3.05) is 7.05 Å². The molecule has 2 aliphatic rings. The maximum Gasteiger partial charge on any atom is 0.0835 e. The van der Waals surface area contributed by atoms with Gasteiger partial charge in [-0.1, -0.05) is 174 Å². The molecule has 0 bridgehead atoms. The van der Waals surface area contributed by atoms with Crippen LogP contribution in [0.25, 0.3) is 16.7 Å². The minimum atomic E-state index is 0.0422. The van der Waals surface area contributed by atoms with E-state index in [0.29, 0.717) is 5.03 Å². The molecule has 1 unspecified atom stereocenters. The molecule has 0 spiro atoms. The van der Waals surface area contributed by atoms with Gasteiger partial charge in [0.25, 0.3) is 0 Å². The lowest BCUT2D eigenvalue weighted by Crippen LogP contribution is -2.12. The summed E-state index contributed by atoms with van der Waals surface area (Å²) in [4.78, 5) is 8.93. The summed E-state index contributed by atoms with van der Waals surface area (Å²) in [7, 11) is 1.84. The van der Waals surface area contributed by atoms with E-state index in [1.807, 2.05) is 7.05 Å². The van der Waals surface area contributed by atoms with Crippen LogP contribution < -0.4 is 0 Å². The number of aliphatic imine (C=N–C) groups is 1. The van der Waals surface area contributed by atoms with E-state index in [9.17, 15) is 0 Å². The standard InChI is InChI=1S/C53H59ClN2/c1-35-31-36(2)48(37(3)32-35)46(51-45(39-21-16-13-17-22-39)34-47(56-51)40-23-18-24-42(28-25-40)52(4,5)6)33-44(38-19-14-11-12-15-20-38)49(54)50(55-10)41-26-29-43(30-27-41)53(7,8)9/h11-14,16-17,19-22,24-34,40,56H,15,18,23H2,1-10H3/b46-33+,49-44-,55-50?. The summed E-state index contributed by atoms with van der Waals surface area (Å²) in [6, 6.07) is 26.5. The van der Waals surface area contributed by atoms with E-state index in [-0.39, 0.29) is 16.7 Å². The summed E-state index contributed by atoms with van der Waals surface area (Å²) in [5.41, 5.74) is 17.2. The van der Waals surface area contributed by atoms with Gasteiger partial charge in [-0.15, -0.1) is 0 Å². The lowest BCUT2D eigenvalue weighted by molar-refractivity contribution is 0.515. The molecule has 0 aliphatic heterocycles. The zero-order valence-electron chi connectivity index (χ0n) is 35.1. The quantitative estimate of drug-likeness (QED) is 0.137. The highest BCUT2D eigenvalue weighted by Gasteiger charge is 2.25. The van der Waals surface area contributed by atoms with E-state index in [1.165, 1.54) is 50.2 Å². The monoisotopic (exact) mass is 758 g/mol. The minimum absolute atomic E-state index is 0.0422. The number of hydrogen-bond donors (Lipinski definition) is 1. The summed E-state index contributed by atoms with van der Waals surface area (Å²) in [5.74, 6) is 0.246. The Labute approximate surface area is 341 Å². The van der Waals surface area contributed by atoms with Crippen molar-refractivity contribution in [3.05, 3.63) is 194 Å². The fourth-order valence-electron chi connectivity index (χ4n) is 8.03. The zero-order chi connectivity index (χ0) is 40.2. The first kappa shape index (κ1) is 40.7. The summed E-state index contributed by atoms with van der Waals surface area (Å²) in [6.45, 7) is 20.3. The molecular weight excluding hydrogens is 700 g/mol. The Bertz CT molecular complexity index is 2290. The molecule has 1 aromatic heterocycles. The topological polar surface area (TPSA) is 28.1 Å². The normalized spacial score (nSPS) is 17.3. The van der Waals surface area contributed by atoms with Gasteiger partial charge in [0.1, 0.15) is 0 Å². The highest BCUT2D eigenvalue weighted by atomic mass is 35.5.